The summed E-state index contributed by atoms with van der Waals surface area (Å²) in [6.07, 6.45) is 1.41. The van der Waals surface area contributed by atoms with Crippen LogP contribution in [0.25, 0.3) is 21.3 Å². The lowest BCUT2D eigenvalue weighted by Gasteiger charge is -2.15. The van der Waals surface area contributed by atoms with Gasteiger partial charge in [0.25, 0.3) is 5.56 Å². The molecule has 164 valence electrons. The summed E-state index contributed by atoms with van der Waals surface area (Å²) in [5.74, 6) is 0.821. The van der Waals surface area contributed by atoms with Crippen molar-refractivity contribution in [3.8, 4) is 22.6 Å². The molecule has 32 heavy (non-hydrogen) atoms. The van der Waals surface area contributed by atoms with Crippen LogP contribution in [0.3, 0.4) is 0 Å². The van der Waals surface area contributed by atoms with Gasteiger partial charge in [-0.2, -0.15) is 0 Å². The molecule has 0 saturated carbocycles. The minimum atomic E-state index is -0.770. The predicted octanol–water partition coefficient (Wildman–Crippen LogP) is 5.00. The number of nitrogens with zero attached hydrogens (tertiary/aromatic N) is 2. The van der Waals surface area contributed by atoms with Gasteiger partial charge in [-0.1, -0.05) is 17.7 Å². The molecule has 0 spiro atoms. The number of fused-ring (bicyclic) bond motifs is 1. The highest BCUT2D eigenvalue weighted by molar-refractivity contribution is 7.17. The van der Waals surface area contributed by atoms with Gasteiger partial charge in [-0.25, -0.2) is 4.98 Å². The molecule has 0 aliphatic carbocycles. The molecule has 1 atom stereocenters. The summed E-state index contributed by atoms with van der Waals surface area (Å²) in [5.41, 5.74) is 1.82. The highest BCUT2D eigenvalue weighted by Crippen LogP contribution is 2.36. The van der Waals surface area contributed by atoms with E-state index in [1.54, 1.807) is 51.5 Å². The van der Waals surface area contributed by atoms with Crippen LogP contribution in [0, 0.1) is 0 Å². The fourth-order valence-corrected chi connectivity index (χ4v) is 4.38. The Morgan fingerprint density at radius 2 is 1.84 bits per heavy atom. The Kier molecular flexibility index (Phi) is 6.16. The summed E-state index contributed by atoms with van der Waals surface area (Å²) in [7, 11) is 3.12. The summed E-state index contributed by atoms with van der Waals surface area (Å²) < 4.78 is 12.0. The topological polar surface area (TPSA) is 82.5 Å². The van der Waals surface area contributed by atoms with Gasteiger partial charge in [-0.05, 0) is 48.9 Å². The molecule has 9 heteroatoms. The minimum Gasteiger partial charge on any atom is -0.493 e. The van der Waals surface area contributed by atoms with Gasteiger partial charge >= 0.3 is 0 Å². The lowest BCUT2D eigenvalue weighted by molar-refractivity contribution is -0.118. The number of benzene rings is 2. The molecular weight excluding hydrogens is 450 g/mol. The Morgan fingerprint density at radius 1 is 1.12 bits per heavy atom. The van der Waals surface area contributed by atoms with Gasteiger partial charge < -0.3 is 14.8 Å². The fourth-order valence-electron chi connectivity index (χ4n) is 3.34. The van der Waals surface area contributed by atoms with Crippen molar-refractivity contribution >= 4 is 44.7 Å². The number of carbonyl (C=O) groups is 1. The minimum absolute atomic E-state index is 0.292. The zero-order valence-electron chi connectivity index (χ0n) is 17.6. The van der Waals surface area contributed by atoms with Crippen LogP contribution in [0.15, 0.2) is 59.0 Å². The number of hydrogen-bond donors (Lipinski definition) is 1. The Hall–Kier alpha value is -3.36. The molecule has 1 N–H and O–H groups in total. The van der Waals surface area contributed by atoms with Crippen molar-refractivity contribution in [1.82, 2.24) is 9.55 Å². The van der Waals surface area contributed by atoms with Crippen molar-refractivity contribution in [2.75, 3.05) is 19.5 Å². The summed E-state index contributed by atoms with van der Waals surface area (Å²) >= 11 is 7.26. The predicted molar refractivity (Wildman–Crippen MR) is 127 cm³/mol. The van der Waals surface area contributed by atoms with Crippen LogP contribution in [0.5, 0.6) is 11.5 Å². The van der Waals surface area contributed by atoms with Gasteiger partial charge in [-0.15, -0.1) is 11.3 Å². The number of carbonyl (C=O) groups excluding carboxylic acids is 1. The van der Waals surface area contributed by atoms with E-state index >= 15 is 0 Å². The van der Waals surface area contributed by atoms with E-state index in [0.29, 0.717) is 32.4 Å². The fraction of sp³-hybridized carbons (Fsp3) is 0.174. The van der Waals surface area contributed by atoms with E-state index in [1.165, 1.54) is 22.2 Å². The van der Waals surface area contributed by atoms with Crippen LogP contribution < -0.4 is 20.3 Å². The van der Waals surface area contributed by atoms with Crippen molar-refractivity contribution in [2.45, 2.75) is 13.0 Å². The van der Waals surface area contributed by atoms with Crippen LogP contribution in [0.2, 0.25) is 5.02 Å². The normalized spacial score (nSPS) is 11.9. The highest BCUT2D eigenvalue weighted by atomic mass is 35.5. The van der Waals surface area contributed by atoms with Gasteiger partial charge in [0.05, 0.1) is 25.9 Å². The number of hydrogen-bond acceptors (Lipinski definition) is 6. The molecule has 1 unspecified atom stereocenters. The van der Waals surface area contributed by atoms with Crippen LogP contribution in [-0.2, 0) is 4.79 Å². The van der Waals surface area contributed by atoms with Gasteiger partial charge in [0.15, 0.2) is 11.5 Å². The van der Waals surface area contributed by atoms with Crippen LogP contribution in [0.4, 0.5) is 5.69 Å². The number of thiophene rings is 1. The van der Waals surface area contributed by atoms with Crippen LogP contribution in [-0.4, -0.2) is 29.7 Å². The highest BCUT2D eigenvalue weighted by Gasteiger charge is 2.21. The SMILES string of the molecule is COc1ccc(-c2csc3ncn(C(C)C(=O)Nc4ccc(Cl)cc4)c(=O)c23)cc1OC. The van der Waals surface area contributed by atoms with Crippen LogP contribution >= 0.6 is 22.9 Å². The summed E-state index contributed by atoms with van der Waals surface area (Å²) in [4.78, 5) is 31.2. The summed E-state index contributed by atoms with van der Waals surface area (Å²) in [6.45, 7) is 1.66. The lowest BCUT2D eigenvalue weighted by atomic mass is 10.1. The third kappa shape index (κ3) is 4.06. The zero-order valence-corrected chi connectivity index (χ0v) is 19.2. The molecule has 2 aromatic carbocycles. The number of ether oxygens (including phenoxy) is 2. The molecule has 0 aliphatic heterocycles. The van der Waals surface area contributed by atoms with E-state index in [9.17, 15) is 9.59 Å². The Labute approximate surface area is 193 Å². The first-order valence-corrected chi connectivity index (χ1v) is 11.0. The second-order valence-corrected chi connectivity index (χ2v) is 8.32. The lowest BCUT2D eigenvalue weighted by Crippen LogP contribution is -2.31. The number of aromatic nitrogens is 2. The maximum atomic E-state index is 13.4. The van der Waals surface area contributed by atoms with Crippen molar-refractivity contribution in [3.05, 3.63) is 69.5 Å². The summed E-state index contributed by atoms with van der Waals surface area (Å²) in [5, 5.41) is 5.70. The second-order valence-electron chi connectivity index (χ2n) is 7.03. The monoisotopic (exact) mass is 469 g/mol. The standard InChI is InChI=1S/C23H20ClN3O4S/c1-13(21(28)26-16-7-5-15(24)6-8-16)27-12-25-22-20(23(27)29)17(11-32-22)14-4-9-18(30-2)19(10-14)31-3/h4-13H,1-3H3,(H,26,28). The number of anilines is 1. The molecule has 2 heterocycles. The van der Waals surface area contributed by atoms with Gasteiger partial charge in [0.2, 0.25) is 5.91 Å². The van der Waals surface area contributed by atoms with E-state index in [4.69, 9.17) is 21.1 Å². The third-order valence-corrected chi connectivity index (χ3v) is 6.26. The van der Waals surface area contributed by atoms with E-state index in [2.05, 4.69) is 10.3 Å². The average molecular weight is 470 g/mol. The van der Waals surface area contributed by atoms with Gasteiger partial charge in [0, 0.05) is 21.7 Å². The molecule has 0 bridgehead atoms. The van der Waals surface area contributed by atoms with Crippen molar-refractivity contribution in [2.24, 2.45) is 0 Å². The number of halogens is 1. The molecule has 0 saturated heterocycles. The number of amides is 1. The molecule has 0 radical (unpaired) electrons. The quantitative estimate of drug-likeness (QED) is 0.430. The smallest absolute Gasteiger partial charge is 0.263 e. The Bertz CT molecular complexity index is 1350. The summed E-state index contributed by atoms with van der Waals surface area (Å²) in [6, 6.07) is 11.5. The van der Waals surface area contributed by atoms with Crippen molar-refractivity contribution in [3.63, 3.8) is 0 Å². The number of nitrogens with one attached hydrogen (secondary N) is 1. The zero-order chi connectivity index (χ0) is 22.8. The Balaban J connectivity index is 1.72. The molecule has 7 nitrogen and oxygen atoms in total. The Morgan fingerprint density at radius 3 is 2.53 bits per heavy atom. The van der Waals surface area contributed by atoms with Crippen molar-refractivity contribution < 1.29 is 14.3 Å². The second kappa shape index (κ2) is 9.02. The number of methoxy groups -OCH3 is 2. The first kappa shape index (κ1) is 21.9. The van der Waals surface area contributed by atoms with Gasteiger partial charge in [0.1, 0.15) is 10.9 Å². The molecule has 0 aliphatic rings. The molecule has 2 aromatic heterocycles. The maximum Gasteiger partial charge on any atom is 0.263 e. The number of rotatable bonds is 6. The van der Waals surface area contributed by atoms with E-state index < -0.39 is 6.04 Å². The molecular formula is C23H20ClN3O4S. The third-order valence-electron chi connectivity index (χ3n) is 5.12. The average Bonchev–Trinajstić information content (AvgIpc) is 3.25. The molecule has 4 aromatic rings. The van der Waals surface area contributed by atoms with E-state index in [1.807, 2.05) is 17.5 Å². The molecule has 0 fully saturated rings. The van der Waals surface area contributed by atoms with Crippen LogP contribution in [0.1, 0.15) is 13.0 Å². The first-order chi connectivity index (χ1) is 15.4. The van der Waals surface area contributed by atoms with E-state index in [-0.39, 0.29) is 11.5 Å². The van der Waals surface area contributed by atoms with Gasteiger partial charge in [-0.3, -0.25) is 14.2 Å². The molecule has 4 rings (SSSR count). The first-order valence-electron chi connectivity index (χ1n) is 9.70. The van der Waals surface area contributed by atoms with Crippen molar-refractivity contribution in [1.29, 1.82) is 0 Å². The largest absolute Gasteiger partial charge is 0.493 e. The maximum absolute atomic E-state index is 13.4. The van der Waals surface area contributed by atoms with E-state index in [0.717, 1.165) is 11.1 Å². The molecule has 1 amide bonds.